The fraction of sp³-hybridized carbons (Fsp3) is 0. The van der Waals surface area contributed by atoms with E-state index in [9.17, 15) is 27.7 Å². The van der Waals surface area contributed by atoms with Crippen molar-refractivity contribution >= 4 is 17.4 Å². The zero-order valence-corrected chi connectivity index (χ0v) is 10.4. The van der Waals surface area contributed by atoms with Gasteiger partial charge in [0.05, 0.1) is 9.82 Å². The highest BCUT2D eigenvalue weighted by molar-refractivity contribution is 7.99. The smallest absolute Gasteiger partial charge is 0.258 e. The number of non-ortho nitro benzene ring substituents is 1. The topological polar surface area (TPSA) is 43.1 Å². The lowest BCUT2D eigenvalue weighted by atomic mass is 10.3. The molecule has 3 nitrogen and oxygen atoms in total. The largest absolute Gasteiger partial charge is 0.269 e. The summed E-state index contributed by atoms with van der Waals surface area (Å²) >= 11 is 0.437. The number of hydrogen-bond donors (Lipinski definition) is 0. The molecule has 0 aromatic heterocycles. The second-order valence-corrected chi connectivity index (χ2v) is 4.73. The monoisotopic (exact) mass is 303 g/mol. The maximum atomic E-state index is 13.4. The second-order valence-electron chi connectivity index (χ2n) is 3.65. The zero-order valence-electron chi connectivity index (χ0n) is 9.57. The first-order chi connectivity index (χ1) is 9.40. The Morgan fingerprint density at radius 1 is 0.950 bits per heavy atom. The highest BCUT2D eigenvalue weighted by atomic mass is 32.2. The summed E-state index contributed by atoms with van der Waals surface area (Å²) in [5, 5.41) is 10.4. The second kappa shape index (κ2) is 5.49. The third kappa shape index (κ3) is 2.74. The van der Waals surface area contributed by atoms with Crippen molar-refractivity contribution in [2.24, 2.45) is 0 Å². The lowest BCUT2D eigenvalue weighted by molar-refractivity contribution is -0.384. The standard InChI is InChI=1S/C12H5F4NO2S/c13-8-5-9(14)11(16)12(10(8)15)20-7-3-1-6(2-4-7)17(18)19/h1-5H. The van der Waals surface area contributed by atoms with E-state index in [2.05, 4.69) is 0 Å². The molecule has 0 radical (unpaired) electrons. The van der Waals surface area contributed by atoms with E-state index in [1.807, 2.05) is 0 Å². The van der Waals surface area contributed by atoms with Crippen molar-refractivity contribution < 1.29 is 22.5 Å². The van der Waals surface area contributed by atoms with Gasteiger partial charge >= 0.3 is 0 Å². The van der Waals surface area contributed by atoms with Crippen LogP contribution in [-0.4, -0.2) is 4.92 Å². The SMILES string of the molecule is O=[N+]([O-])c1ccc(Sc2c(F)c(F)cc(F)c2F)cc1. The number of hydrogen-bond acceptors (Lipinski definition) is 3. The molecule has 8 heteroatoms. The van der Waals surface area contributed by atoms with Gasteiger partial charge < -0.3 is 0 Å². The molecule has 2 rings (SSSR count). The first-order valence-corrected chi connectivity index (χ1v) is 5.97. The summed E-state index contributed by atoms with van der Waals surface area (Å²) < 4.78 is 52.9. The molecule has 2 aromatic rings. The molecule has 0 aliphatic heterocycles. The minimum Gasteiger partial charge on any atom is -0.258 e. The number of nitrogens with zero attached hydrogens (tertiary/aromatic N) is 1. The van der Waals surface area contributed by atoms with E-state index in [-0.39, 0.29) is 16.6 Å². The summed E-state index contributed by atoms with van der Waals surface area (Å²) in [7, 11) is 0. The number of nitro groups is 1. The highest BCUT2D eigenvalue weighted by Gasteiger charge is 2.20. The van der Waals surface area contributed by atoms with E-state index in [4.69, 9.17) is 0 Å². The Bertz CT molecular complexity index is 650. The lowest BCUT2D eigenvalue weighted by Crippen LogP contribution is -1.97. The van der Waals surface area contributed by atoms with Crippen molar-refractivity contribution in [1.29, 1.82) is 0 Å². The predicted octanol–water partition coefficient (Wildman–Crippen LogP) is 4.30. The van der Waals surface area contributed by atoms with Crippen molar-refractivity contribution in [1.82, 2.24) is 0 Å². The summed E-state index contributed by atoms with van der Waals surface area (Å²) in [6, 6.07) is 4.81. The fourth-order valence-corrected chi connectivity index (χ4v) is 2.28. The molecule has 0 amide bonds. The molecule has 0 heterocycles. The van der Waals surface area contributed by atoms with Gasteiger partial charge in [-0.15, -0.1) is 0 Å². The van der Waals surface area contributed by atoms with Crippen LogP contribution in [-0.2, 0) is 0 Å². The molecule has 20 heavy (non-hydrogen) atoms. The molecule has 0 aliphatic rings. The normalized spacial score (nSPS) is 10.6. The molecule has 2 aromatic carbocycles. The molecule has 0 atom stereocenters. The van der Waals surface area contributed by atoms with E-state index in [1.165, 1.54) is 12.1 Å². The summed E-state index contributed by atoms with van der Waals surface area (Å²) in [6.45, 7) is 0. The minimum absolute atomic E-state index is 0.116. The van der Waals surface area contributed by atoms with E-state index in [0.29, 0.717) is 11.8 Å². The Morgan fingerprint density at radius 3 is 1.90 bits per heavy atom. The minimum atomic E-state index is -1.51. The van der Waals surface area contributed by atoms with Gasteiger partial charge in [-0.3, -0.25) is 10.1 Å². The van der Waals surface area contributed by atoms with Gasteiger partial charge in [-0.25, -0.2) is 17.6 Å². The van der Waals surface area contributed by atoms with Crippen LogP contribution in [0.3, 0.4) is 0 Å². The number of nitro benzene ring substituents is 1. The van der Waals surface area contributed by atoms with Crippen LogP contribution in [0.25, 0.3) is 0 Å². The zero-order chi connectivity index (χ0) is 14.9. The van der Waals surface area contributed by atoms with Gasteiger partial charge in [0.1, 0.15) is 0 Å². The first kappa shape index (κ1) is 14.3. The molecule has 0 saturated heterocycles. The lowest BCUT2D eigenvalue weighted by Gasteiger charge is -2.06. The van der Waals surface area contributed by atoms with E-state index >= 15 is 0 Å². The Hall–Kier alpha value is -2.09. The van der Waals surface area contributed by atoms with Crippen molar-refractivity contribution in [3.05, 3.63) is 63.7 Å². The first-order valence-electron chi connectivity index (χ1n) is 5.15. The Kier molecular flexibility index (Phi) is 3.93. The molecule has 0 saturated carbocycles. The van der Waals surface area contributed by atoms with Crippen LogP contribution >= 0.6 is 11.8 Å². The van der Waals surface area contributed by atoms with Crippen LogP contribution in [0.4, 0.5) is 23.2 Å². The van der Waals surface area contributed by atoms with Crippen molar-refractivity contribution in [2.75, 3.05) is 0 Å². The maximum absolute atomic E-state index is 13.4. The van der Waals surface area contributed by atoms with Crippen LogP contribution in [0.15, 0.2) is 40.1 Å². The van der Waals surface area contributed by atoms with Gasteiger partial charge in [-0.2, -0.15) is 0 Å². The summed E-state index contributed by atoms with van der Waals surface area (Å²) in [5.41, 5.74) is -0.208. The quantitative estimate of drug-likeness (QED) is 0.367. The van der Waals surface area contributed by atoms with Gasteiger partial charge in [0.15, 0.2) is 23.3 Å². The van der Waals surface area contributed by atoms with Gasteiger partial charge in [0.2, 0.25) is 0 Å². The van der Waals surface area contributed by atoms with E-state index < -0.39 is 33.1 Å². The molecule has 104 valence electrons. The van der Waals surface area contributed by atoms with Crippen molar-refractivity contribution in [3.63, 3.8) is 0 Å². The molecule has 0 bridgehead atoms. The average Bonchev–Trinajstić information content (AvgIpc) is 2.42. The van der Waals surface area contributed by atoms with Crippen LogP contribution in [0.2, 0.25) is 0 Å². The Balaban J connectivity index is 2.37. The maximum Gasteiger partial charge on any atom is 0.269 e. The number of benzene rings is 2. The van der Waals surface area contributed by atoms with Gasteiger partial charge in [0, 0.05) is 23.1 Å². The molecule has 0 aliphatic carbocycles. The molecule has 0 spiro atoms. The number of rotatable bonds is 3. The molecular formula is C12H5F4NO2S. The van der Waals surface area contributed by atoms with Gasteiger partial charge in [-0.05, 0) is 12.1 Å². The molecule has 0 N–H and O–H groups in total. The van der Waals surface area contributed by atoms with Gasteiger partial charge in [-0.1, -0.05) is 11.8 Å². The van der Waals surface area contributed by atoms with Gasteiger partial charge in [0.25, 0.3) is 5.69 Å². The van der Waals surface area contributed by atoms with Crippen LogP contribution < -0.4 is 0 Å². The van der Waals surface area contributed by atoms with Crippen molar-refractivity contribution in [2.45, 2.75) is 9.79 Å². The summed E-state index contributed by atoms with van der Waals surface area (Å²) in [6.07, 6.45) is 0. The fourth-order valence-electron chi connectivity index (χ4n) is 1.39. The molecule has 0 fully saturated rings. The van der Waals surface area contributed by atoms with E-state index in [1.54, 1.807) is 0 Å². The van der Waals surface area contributed by atoms with Crippen LogP contribution in [0, 0.1) is 33.4 Å². The molecular weight excluding hydrogens is 298 g/mol. The predicted molar refractivity (Wildman–Crippen MR) is 63.5 cm³/mol. The number of halogens is 4. The Morgan fingerprint density at radius 2 is 1.45 bits per heavy atom. The Labute approximate surface area is 114 Å². The average molecular weight is 303 g/mol. The highest BCUT2D eigenvalue weighted by Crippen LogP contribution is 2.34. The van der Waals surface area contributed by atoms with Crippen molar-refractivity contribution in [3.8, 4) is 0 Å². The molecule has 0 unspecified atom stereocenters. The van der Waals surface area contributed by atoms with Crippen LogP contribution in [0.5, 0.6) is 0 Å². The summed E-state index contributed by atoms with van der Waals surface area (Å²) in [4.78, 5) is 9.18. The third-order valence-electron chi connectivity index (χ3n) is 2.34. The third-order valence-corrected chi connectivity index (χ3v) is 3.41. The summed E-state index contributed by atoms with van der Waals surface area (Å²) in [5.74, 6) is -6.03. The van der Waals surface area contributed by atoms with Crippen LogP contribution in [0.1, 0.15) is 0 Å². The van der Waals surface area contributed by atoms with E-state index in [0.717, 1.165) is 12.1 Å².